The van der Waals surface area contributed by atoms with Gasteiger partial charge in [0.2, 0.25) is 0 Å². The summed E-state index contributed by atoms with van der Waals surface area (Å²) in [7, 11) is 0. The number of aromatic carboxylic acids is 1. The van der Waals surface area contributed by atoms with Crippen LogP contribution in [0.5, 0.6) is 5.75 Å². The van der Waals surface area contributed by atoms with Crippen molar-refractivity contribution < 1.29 is 15.0 Å². The van der Waals surface area contributed by atoms with Crippen molar-refractivity contribution in [1.82, 2.24) is 5.32 Å². The van der Waals surface area contributed by atoms with E-state index in [9.17, 15) is 4.79 Å². The minimum atomic E-state index is -1.11. The fraction of sp³-hybridized carbons (Fsp3) is 0.417. The smallest absolute Gasteiger partial charge is 0.339 e. The van der Waals surface area contributed by atoms with Gasteiger partial charge in [-0.25, -0.2) is 4.79 Å². The van der Waals surface area contributed by atoms with E-state index in [1.54, 1.807) is 12.1 Å². The van der Waals surface area contributed by atoms with Crippen LogP contribution in [0.4, 0.5) is 0 Å². The lowest BCUT2D eigenvalue weighted by molar-refractivity contribution is 0.0694. The molecule has 0 unspecified atom stereocenters. The van der Waals surface area contributed by atoms with E-state index < -0.39 is 5.97 Å². The van der Waals surface area contributed by atoms with Crippen molar-refractivity contribution in [3.05, 3.63) is 29.8 Å². The molecule has 1 aliphatic rings. The minimum absolute atomic E-state index is 0.0671. The Morgan fingerprint density at radius 1 is 1.12 bits per heavy atom. The summed E-state index contributed by atoms with van der Waals surface area (Å²) in [6.45, 7) is 2.50. The van der Waals surface area contributed by atoms with E-state index in [-0.39, 0.29) is 11.3 Å². The molecule has 3 N–H and O–H groups in total. The zero-order valence-corrected chi connectivity index (χ0v) is 9.15. The largest absolute Gasteiger partial charge is 0.507 e. The van der Waals surface area contributed by atoms with Crippen LogP contribution in [0, 0.1) is 0 Å². The van der Waals surface area contributed by atoms with Gasteiger partial charge >= 0.3 is 5.97 Å². The maximum absolute atomic E-state index is 10.3. The predicted molar refractivity (Wildman–Crippen MR) is 61.8 cm³/mol. The molecule has 1 aromatic carbocycles. The maximum Gasteiger partial charge on any atom is 0.339 e. The van der Waals surface area contributed by atoms with Crippen LogP contribution in [0.25, 0.3) is 0 Å². The lowest BCUT2D eigenvalue weighted by atomic mass is 10.2. The van der Waals surface area contributed by atoms with Gasteiger partial charge in [0.25, 0.3) is 0 Å². The zero-order chi connectivity index (χ0) is 11.8. The molecule has 4 heteroatoms. The van der Waals surface area contributed by atoms with Crippen LogP contribution in [0.15, 0.2) is 24.3 Å². The molecule has 0 saturated carbocycles. The van der Waals surface area contributed by atoms with Crippen LogP contribution in [0.2, 0.25) is 0 Å². The highest BCUT2D eigenvalue weighted by atomic mass is 16.4. The molecule has 16 heavy (non-hydrogen) atoms. The second-order valence-electron chi connectivity index (χ2n) is 3.63. The summed E-state index contributed by atoms with van der Waals surface area (Å²) in [6, 6.07) is 5.81. The summed E-state index contributed by atoms with van der Waals surface area (Å²) >= 11 is 0. The van der Waals surface area contributed by atoms with Crippen LogP contribution in [0.1, 0.15) is 29.6 Å². The Morgan fingerprint density at radius 2 is 1.75 bits per heavy atom. The van der Waals surface area contributed by atoms with E-state index in [1.165, 1.54) is 44.5 Å². The summed E-state index contributed by atoms with van der Waals surface area (Å²) in [6.07, 6.45) is 4.22. The van der Waals surface area contributed by atoms with Crippen LogP contribution < -0.4 is 5.32 Å². The van der Waals surface area contributed by atoms with E-state index in [2.05, 4.69) is 5.32 Å². The molecule has 0 amide bonds. The molecule has 0 spiro atoms. The number of carboxylic acids is 1. The van der Waals surface area contributed by atoms with E-state index in [0.29, 0.717) is 0 Å². The fourth-order valence-corrected chi connectivity index (χ4v) is 1.46. The molecule has 1 aliphatic heterocycles. The first-order valence-corrected chi connectivity index (χ1v) is 5.44. The van der Waals surface area contributed by atoms with Gasteiger partial charge in [0.05, 0.1) is 0 Å². The zero-order valence-electron chi connectivity index (χ0n) is 9.15. The molecule has 2 rings (SSSR count). The number of hydrogen-bond donors (Lipinski definition) is 3. The molecular formula is C12H17NO3. The van der Waals surface area contributed by atoms with Gasteiger partial charge in [-0.2, -0.15) is 0 Å². The molecule has 88 valence electrons. The molecule has 4 nitrogen and oxygen atoms in total. The Bertz CT molecular complexity index is 323. The standard InChI is InChI=1S/C7H6O3.C5H11N/c8-6-4-2-1-3-5(6)7(9)10;1-2-4-6-5-3-1/h1-4,8H,(H,9,10);6H,1-5H2. The Morgan fingerprint density at radius 3 is 2.06 bits per heavy atom. The molecule has 0 aromatic heterocycles. The highest BCUT2D eigenvalue weighted by Gasteiger charge is 2.05. The number of nitrogens with one attached hydrogen (secondary N) is 1. The van der Waals surface area contributed by atoms with Gasteiger partial charge in [-0.1, -0.05) is 18.6 Å². The first-order valence-electron chi connectivity index (χ1n) is 5.44. The number of para-hydroxylation sites is 1. The Kier molecular flexibility index (Phi) is 5.36. The number of carbonyl (C=O) groups is 1. The average Bonchev–Trinajstić information content (AvgIpc) is 2.32. The van der Waals surface area contributed by atoms with Gasteiger partial charge in [-0.15, -0.1) is 0 Å². The summed E-state index contributed by atoms with van der Waals surface area (Å²) in [5, 5.41) is 20.6. The van der Waals surface area contributed by atoms with Crippen molar-refractivity contribution in [2.75, 3.05) is 13.1 Å². The van der Waals surface area contributed by atoms with Crippen molar-refractivity contribution in [2.45, 2.75) is 19.3 Å². The van der Waals surface area contributed by atoms with E-state index >= 15 is 0 Å². The molecule has 0 bridgehead atoms. The number of piperidine rings is 1. The molecular weight excluding hydrogens is 206 g/mol. The van der Waals surface area contributed by atoms with Crippen LogP contribution in [-0.4, -0.2) is 29.3 Å². The van der Waals surface area contributed by atoms with Gasteiger partial charge in [-0.05, 0) is 38.1 Å². The first-order chi connectivity index (χ1) is 7.72. The third-order valence-corrected chi connectivity index (χ3v) is 2.34. The lowest BCUT2D eigenvalue weighted by Crippen LogP contribution is -2.21. The summed E-state index contributed by atoms with van der Waals surface area (Å²) < 4.78 is 0. The van der Waals surface area contributed by atoms with Gasteiger partial charge in [-0.3, -0.25) is 0 Å². The Labute approximate surface area is 94.9 Å². The molecule has 1 aromatic rings. The monoisotopic (exact) mass is 223 g/mol. The molecule has 0 atom stereocenters. The molecule has 1 fully saturated rings. The number of phenols is 1. The fourth-order valence-electron chi connectivity index (χ4n) is 1.46. The first kappa shape index (κ1) is 12.5. The Hall–Kier alpha value is -1.55. The highest BCUT2D eigenvalue weighted by molar-refractivity contribution is 5.90. The molecule has 0 aliphatic carbocycles. The molecule has 1 heterocycles. The number of hydrogen-bond acceptors (Lipinski definition) is 3. The van der Waals surface area contributed by atoms with Crippen LogP contribution in [-0.2, 0) is 0 Å². The van der Waals surface area contributed by atoms with Crippen molar-refractivity contribution in [3.8, 4) is 5.75 Å². The topological polar surface area (TPSA) is 69.6 Å². The third-order valence-electron chi connectivity index (χ3n) is 2.34. The van der Waals surface area contributed by atoms with E-state index in [0.717, 1.165) is 0 Å². The second kappa shape index (κ2) is 6.85. The second-order valence-corrected chi connectivity index (χ2v) is 3.63. The van der Waals surface area contributed by atoms with Gasteiger partial charge in [0.1, 0.15) is 11.3 Å². The summed E-state index contributed by atoms with van der Waals surface area (Å²) in [5.41, 5.74) is -0.0671. The van der Waals surface area contributed by atoms with Crippen LogP contribution in [0.3, 0.4) is 0 Å². The van der Waals surface area contributed by atoms with E-state index in [4.69, 9.17) is 10.2 Å². The van der Waals surface area contributed by atoms with Gasteiger partial charge in [0, 0.05) is 0 Å². The normalized spacial score (nSPS) is 14.8. The molecule has 1 saturated heterocycles. The molecule has 0 radical (unpaired) electrons. The van der Waals surface area contributed by atoms with Gasteiger partial charge < -0.3 is 15.5 Å². The lowest BCUT2D eigenvalue weighted by Gasteiger charge is -2.08. The maximum atomic E-state index is 10.3. The number of aromatic hydroxyl groups is 1. The van der Waals surface area contributed by atoms with Crippen molar-refractivity contribution in [1.29, 1.82) is 0 Å². The number of benzene rings is 1. The number of rotatable bonds is 1. The van der Waals surface area contributed by atoms with Gasteiger partial charge in [0.15, 0.2) is 0 Å². The van der Waals surface area contributed by atoms with Crippen molar-refractivity contribution >= 4 is 5.97 Å². The Balaban J connectivity index is 0.000000181. The van der Waals surface area contributed by atoms with E-state index in [1.807, 2.05) is 0 Å². The van der Waals surface area contributed by atoms with Crippen LogP contribution >= 0.6 is 0 Å². The quantitative estimate of drug-likeness (QED) is 0.679. The number of carboxylic acid groups (broad SMARTS) is 1. The van der Waals surface area contributed by atoms with Crippen molar-refractivity contribution in [3.63, 3.8) is 0 Å². The summed E-state index contributed by atoms with van der Waals surface area (Å²) in [4.78, 5) is 10.3. The van der Waals surface area contributed by atoms with Crippen molar-refractivity contribution in [2.24, 2.45) is 0 Å². The predicted octanol–water partition coefficient (Wildman–Crippen LogP) is 1.85. The summed E-state index contributed by atoms with van der Waals surface area (Å²) in [5.74, 6) is -1.31. The minimum Gasteiger partial charge on any atom is -0.507 e. The SMILES string of the molecule is C1CCNCC1.O=C(O)c1ccccc1O. The third kappa shape index (κ3) is 4.31. The highest BCUT2D eigenvalue weighted by Crippen LogP contribution is 2.14. The average molecular weight is 223 g/mol.